The van der Waals surface area contributed by atoms with E-state index >= 15 is 0 Å². The smallest absolute Gasteiger partial charge is 0.272 e. The number of aromatic nitrogens is 2. The minimum Gasteiger partial charge on any atom is -0.325 e. The Labute approximate surface area is 181 Å². The van der Waals surface area contributed by atoms with Crippen LogP contribution in [-0.4, -0.2) is 21.2 Å². The second kappa shape index (κ2) is 9.31. The molecule has 0 unspecified atom stereocenters. The van der Waals surface area contributed by atoms with E-state index in [0.29, 0.717) is 43.6 Å². The number of benzene rings is 1. The van der Waals surface area contributed by atoms with Gasteiger partial charge in [-0.15, -0.1) is 11.3 Å². The van der Waals surface area contributed by atoms with E-state index in [1.165, 1.54) is 23.1 Å². The van der Waals surface area contributed by atoms with Crippen LogP contribution >= 0.6 is 46.3 Å². The SMILES string of the molecule is CC(C)CCn1c(SCC(=O)Nc2cc(Cl)cc(Cl)c2)nc2ccsc2c1=O. The molecule has 3 aromatic rings. The molecule has 148 valence electrons. The number of anilines is 1. The highest BCUT2D eigenvalue weighted by Crippen LogP contribution is 2.24. The summed E-state index contributed by atoms with van der Waals surface area (Å²) in [4.78, 5) is 29.8. The molecule has 2 aromatic heterocycles. The number of fused-ring (bicyclic) bond motifs is 1. The zero-order valence-corrected chi connectivity index (χ0v) is 18.5. The average Bonchev–Trinajstić information content (AvgIpc) is 3.07. The van der Waals surface area contributed by atoms with Gasteiger partial charge in [0.1, 0.15) is 4.70 Å². The van der Waals surface area contributed by atoms with Crippen molar-refractivity contribution in [1.29, 1.82) is 0 Å². The van der Waals surface area contributed by atoms with Gasteiger partial charge in [0.05, 0.1) is 11.3 Å². The molecule has 0 aliphatic heterocycles. The van der Waals surface area contributed by atoms with Gasteiger partial charge in [-0.1, -0.05) is 48.8 Å². The van der Waals surface area contributed by atoms with Crippen molar-refractivity contribution in [3.63, 3.8) is 0 Å². The summed E-state index contributed by atoms with van der Waals surface area (Å²) < 4.78 is 2.32. The fourth-order valence-electron chi connectivity index (χ4n) is 2.57. The molecular weight excluding hydrogens is 437 g/mol. The summed E-state index contributed by atoms with van der Waals surface area (Å²) in [7, 11) is 0. The fraction of sp³-hybridized carbons (Fsp3) is 0.316. The summed E-state index contributed by atoms with van der Waals surface area (Å²) >= 11 is 14.6. The normalized spacial score (nSPS) is 11.3. The first-order chi connectivity index (χ1) is 13.3. The number of hydrogen-bond donors (Lipinski definition) is 1. The van der Waals surface area contributed by atoms with Crippen LogP contribution in [0.2, 0.25) is 10.0 Å². The Kier molecular flexibility index (Phi) is 7.04. The Balaban J connectivity index is 1.77. The van der Waals surface area contributed by atoms with Gasteiger partial charge in [0.2, 0.25) is 5.91 Å². The van der Waals surface area contributed by atoms with Crippen LogP contribution in [0.4, 0.5) is 5.69 Å². The maximum absolute atomic E-state index is 12.8. The summed E-state index contributed by atoms with van der Waals surface area (Å²) in [5.74, 6) is 0.353. The molecule has 0 radical (unpaired) electrons. The Hall–Kier alpha value is -1.54. The standard InChI is InChI=1S/C19H19Cl2N3O2S2/c1-11(2)3-5-24-18(26)17-15(4-6-27-17)23-19(24)28-10-16(25)22-14-8-12(20)7-13(21)9-14/h4,6-9,11H,3,5,10H2,1-2H3,(H,22,25). The highest BCUT2D eigenvalue weighted by molar-refractivity contribution is 7.99. The predicted octanol–water partition coefficient (Wildman–Crippen LogP) is 5.54. The molecule has 0 aliphatic rings. The summed E-state index contributed by atoms with van der Waals surface area (Å²) in [5.41, 5.74) is 1.15. The lowest BCUT2D eigenvalue weighted by Gasteiger charge is -2.13. The molecular formula is C19H19Cl2N3O2S2. The van der Waals surface area contributed by atoms with Crippen molar-refractivity contribution in [2.24, 2.45) is 5.92 Å². The molecule has 0 spiro atoms. The first kappa shape index (κ1) is 21.2. The van der Waals surface area contributed by atoms with Crippen LogP contribution in [0.25, 0.3) is 10.2 Å². The van der Waals surface area contributed by atoms with Gasteiger partial charge >= 0.3 is 0 Å². The van der Waals surface area contributed by atoms with E-state index in [0.717, 1.165) is 6.42 Å². The maximum atomic E-state index is 12.8. The van der Waals surface area contributed by atoms with Gasteiger partial charge in [-0.05, 0) is 42.0 Å². The van der Waals surface area contributed by atoms with Crippen LogP contribution in [-0.2, 0) is 11.3 Å². The second-order valence-electron chi connectivity index (χ2n) is 6.66. The first-order valence-electron chi connectivity index (χ1n) is 8.70. The third-order valence-corrected chi connectivity index (χ3v) is 6.24. The second-order valence-corrected chi connectivity index (χ2v) is 9.40. The minimum absolute atomic E-state index is 0.0508. The molecule has 5 nitrogen and oxygen atoms in total. The van der Waals surface area contributed by atoms with Gasteiger partial charge in [0.25, 0.3) is 5.56 Å². The molecule has 1 N–H and O–H groups in total. The number of amides is 1. The van der Waals surface area contributed by atoms with Gasteiger partial charge in [0, 0.05) is 22.3 Å². The van der Waals surface area contributed by atoms with Crippen molar-refractivity contribution in [3.05, 3.63) is 50.0 Å². The van der Waals surface area contributed by atoms with Gasteiger partial charge in [-0.2, -0.15) is 0 Å². The summed E-state index contributed by atoms with van der Waals surface area (Å²) in [5, 5.41) is 6.07. The molecule has 0 atom stereocenters. The maximum Gasteiger partial charge on any atom is 0.272 e. The van der Waals surface area contributed by atoms with Crippen molar-refractivity contribution >= 4 is 68.1 Å². The highest BCUT2D eigenvalue weighted by Gasteiger charge is 2.15. The van der Waals surface area contributed by atoms with Crippen molar-refractivity contribution in [3.8, 4) is 0 Å². The van der Waals surface area contributed by atoms with E-state index in [-0.39, 0.29) is 17.2 Å². The van der Waals surface area contributed by atoms with Crippen LogP contribution in [0.15, 0.2) is 39.6 Å². The monoisotopic (exact) mass is 455 g/mol. The first-order valence-corrected chi connectivity index (χ1v) is 11.3. The van der Waals surface area contributed by atoms with E-state index in [1.54, 1.807) is 22.8 Å². The van der Waals surface area contributed by atoms with E-state index in [9.17, 15) is 9.59 Å². The van der Waals surface area contributed by atoms with Gasteiger partial charge in [-0.25, -0.2) is 4.98 Å². The summed E-state index contributed by atoms with van der Waals surface area (Å²) in [6.45, 7) is 4.79. The average molecular weight is 456 g/mol. The molecule has 3 rings (SSSR count). The number of carbonyl (C=O) groups is 1. The molecule has 1 amide bonds. The molecule has 0 saturated heterocycles. The van der Waals surface area contributed by atoms with Crippen molar-refractivity contribution in [2.45, 2.75) is 32.0 Å². The van der Waals surface area contributed by atoms with E-state index < -0.39 is 0 Å². The van der Waals surface area contributed by atoms with Crippen LogP contribution in [0, 0.1) is 5.92 Å². The number of thioether (sulfide) groups is 1. The predicted molar refractivity (Wildman–Crippen MR) is 119 cm³/mol. The number of thiophene rings is 1. The molecule has 0 saturated carbocycles. The van der Waals surface area contributed by atoms with Crippen LogP contribution in [0.5, 0.6) is 0 Å². The van der Waals surface area contributed by atoms with E-state index in [1.807, 2.05) is 11.4 Å². The number of nitrogens with one attached hydrogen (secondary N) is 1. The molecule has 0 aliphatic carbocycles. The third-order valence-electron chi connectivity index (χ3n) is 3.94. The highest BCUT2D eigenvalue weighted by atomic mass is 35.5. The van der Waals surface area contributed by atoms with Crippen molar-refractivity contribution in [1.82, 2.24) is 9.55 Å². The van der Waals surface area contributed by atoms with Gasteiger partial charge in [-0.3, -0.25) is 14.2 Å². The van der Waals surface area contributed by atoms with E-state index in [4.69, 9.17) is 23.2 Å². The molecule has 2 heterocycles. The zero-order chi connectivity index (χ0) is 20.3. The van der Waals surface area contributed by atoms with E-state index in [2.05, 4.69) is 24.1 Å². The molecule has 28 heavy (non-hydrogen) atoms. The van der Waals surface area contributed by atoms with Crippen LogP contribution < -0.4 is 10.9 Å². The van der Waals surface area contributed by atoms with Gasteiger partial charge in [0.15, 0.2) is 5.16 Å². The molecule has 0 bridgehead atoms. The topological polar surface area (TPSA) is 64.0 Å². The fourth-order valence-corrected chi connectivity index (χ4v) is 4.70. The summed E-state index contributed by atoms with van der Waals surface area (Å²) in [6, 6.07) is 6.68. The lowest BCUT2D eigenvalue weighted by molar-refractivity contribution is -0.113. The lowest BCUT2D eigenvalue weighted by Crippen LogP contribution is -2.24. The Bertz CT molecular complexity index is 1040. The number of hydrogen-bond acceptors (Lipinski definition) is 5. The molecule has 0 fully saturated rings. The molecule has 1 aromatic carbocycles. The quantitative estimate of drug-likeness (QED) is 0.375. The number of halogens is 2. The van der Waals surface area contributed by atoms with Gasteiger partial charge < -0.3 is 5.32 Å². The van der Waals surface area contributed by atoms with Crippen molar-refractivity contribution in [2.75, 3.05) is 11.1 Å². The largest absolute Gasteiger partial charge is 0.325 e. The van der Waals surface area contributed by atoms with Crippen LogP contribution in [0.1, 0.15) is 20.3 Å². The lowest BCUT2D eigenvalue weighted by atomic mass is 10.1. The number of carbonyl (C=O) groups excluding carboxylic acids is 1. The summed E-state index contributed by atoms with van der Waals surface area (Å²) in [6.07, 6.45) is 0.860. The third kappa shape index (κ3) is 5.29. The molecule has 9 heteroatoms. The number of rotatable bonds is 7. The Morgan fingerprint density at radius 3 is 2.68 bits per heavy atom. The minimum atomic E-state index is -0.224. The Morgan fingerprint density at radius 2 is 2.00 bits per heavy atom. The van der Waals surface area contributed by atoms with Crippen LogP contribution in [0.3, 0.4) is 0 Å². The Morgan fingerprint density at radius 1 is 1.29 bits per heavy atom. The number of nitrogens with zero attached hydrogens (tertiary/aromatic N) is 2. The van der Waals surface area contributed by atoms with Crippen molar-refractivity contribution < 1.29 is 4.79 Å². The zero-order valence-electron chi connectivity index (χ0n) is 15.4.